The van der Waals surface area contributed by atoms with Gasteiger partial charge < -0.3 is 45.8 Å². The van der Waals surface area contributed by atoms with Crippen molar-refractivity contribution in [3.05, 3.63) is 12.2 Å². The first-order valence-electron chi connectivity index (χ1n) is 6.62. The molecule has 0 aromatic heterocycles. The van der Waals surface area contributed by atoms with Gasteiger partial charge in [0.1, 0.15) is 42.7 Å². The SMILES string of the molecule is N[C@H]1C=C[C@@H](O)[C@@H](O)[C@@H]1O[C@@H]1O[C@H](CO)[C@H](O)[C@H](O)[C@H]1O. The lowest BCUT2D eigenvalue weighted by Gasteiger charge is -2.43. The van der Waals surface area contributed by atoms with Gasteiger partial charge in [-0.3, -0.25) is 0 Å². The minimum Gasteiger partial charge on any atom is -0.394 e. The summed E-state index contributed by atoms with van der Waals surface area (Å²) in [7, 11) is 0. The van der Waals surface area contributed by atoms with Crippen LogP contribution in [0.2, 0.25) is 0 Å². The molecule has 122 valence electrons. The second-order valence-corrected chi connectivity index (χ2v) is 5.24. The Labute approximate surface area is 120 Å². The van der Waals surface area contributed by atoms with Crippen LogP contribution in [0, 0.1) is 0 Å². The van der Waals surface area contributed by atoms with E-state index in [0.717, 1.165) is 0 Å². The number of hydrogen-bond donors (Lipinski definition) is 7. The van der Waals surface area contributed by atoms with Crippen LogP contribution in [0.4, 0.5) is 0 Å². The lowest BCUT2D eigenvalue weighted by atomic mass is 9.94. The van der Waals surface area contributed by atoms with Gasteiger partial charge in [-0.1, -0.05) is 12.2 Å². The Morgan fingerprint density at radius 1 is 0.952 bits per heavy atom. The molecule has 0 aromatic rings. The van der Waals surface area contributed by atoms with Gasteiger partial charge in [0.2, 0.25) is 0 Å². The van der Waals surface area contributed by atoms with E-state index in [9.17, 15) is 25.5 Å². The maximum absolute atomic E-state index is 9.86. The molecule has 1 aliphatic carbocycles. The Morgan fingerprint density at radius 2 is 1.62 bits per heavy atom. The molecule has 9 nitrogen and oxygen atoms in total. The molecule has 0 amide bonds. The number of nitrogens with two attached hydrogens (primary N) is 1. The molecule has 8 N–H and O–H groups in total. The maximum atomic E-state index is 9.86. The zero-order chi connectivity index (χ0) is 15.7. The van der Waals surface area contributed by atoms with E-state index in [-0.39, 0.29) is 0 Å². The Hall–Kier alpha value is -0.620. The van der Waals surface area contributed by atoms with Crippen molar-refractivity contribution in [1.82, 2.24) is 0 Å². The summed E-state index contributed by atoms with van der Waals surface area (Å²) >= 11 is 0. The zero-order valence-electron chi connectivity index (χ0n) is 11.1. The van der Waals surface area contributed by atoms with E-state index in [0.29, 0.717) is 0 Å². The average Bonchev–Trinajstić information content (AvgIpc) is 2.47. The van der Waals surface area contributed by atoms with Crippen molar-refractivity contribution in [1.29, 1.82) is 0 Å². The lowest BCUT2D eigenvalue weighted by molar-refractivity contribution is -0.319. The van der Waals surface area contributed by atoms with Crippen molar-refractivity contribution in [2.45, 2.75) is 55.1 Å². The molecule has 0 aromatic carbocycles. The molecular weight excluding hydrogens is 286 g/mol. The van der Waals surface area contributed by atoms with E-state index in [1.807, 2.05) is 0 Å². The van der Waals surface area contributed by atoms with Crippen LogP contribution in [0.25, 0.3) is 0 Å². The molecule has 9 heteroatoms. The molecule has 1 fully saturated rings. The molecule has 21 heavy (non-hydrogen) atoms. The van der Waals surface area contributed by atoms with Crippen LogP contribution in [0.3, 0.4) is 0 Å². The van der Waals surface area contributed by atoms with Crippen LogP contribution >= 0.6 is 0 Å². The fourth-order valence-electron chi connectivity index (χ4n) is 2.39. The van der Waals surface area contributed by atoms with Crippen molar-refractivity contribution < 1.29 is 40.1 Å². The first kappa shape index (κ1) is 16.7. The van der Waals surface area contributed by atoms with Gasteiger partial charge in [-0.15, -0.1) is 0 Å². The van der Waals surface area contributed by atoms with Gasteiger partial charge in [0.05, 0.1) is 12.6 Å². The normalized spacial score (nSPS) is 51.1. The van der Waals surface area contributed by atoms with E-state index in [1.54, 1.807) is 0 Å². The highest BCUT2D eigenvalue weighted by Gasteiger charge is 2.46. The third kappa shape index (κ3) is 3.26. The molecule has 0 saturated carbocycles. The molecular formula is C12H21NO8. The van der Waals surface area contributed by atoms with E-state index in [4.69, 9.17) is 20.3 Å². The highest BCUT2D eigenvalue weighted by Crippen LogP contribution is 2.25. The third-order valence-electron chi connectivity index (χ3n) is 3.74. The van der Waals surface area contributed by atoms with Gasteiger partial charge in [0.25, 0.3) is 0 Å². The van der Waals surface area contributed by atoms with Crippen LogP contribution in [-0.4, -0.2) is 92.3 Å². The number of ether oxygens (including phenoxy) is 2. The second-order valence-electron chi connectivity index (χ2n) is 5.24. The Kier molecular flexibility index (Phi) is 5.30. The van der Waals surface area contributed by atoms with Crippen LogP contribution in [-0.2, 0) is 9.47 Å². The van der Waals surface area contributed by atoms with Crippen LogP contribution in [0.15, 0.2) is 12.2 Å². The van der Waals surface area contributed by atoms with E-state index < -0.39 is 61.7 Å². The quantitative estimate of drug-likeness (QED) is 0.256. The molecule has 2 rings (SSSR count). The van der Waals surface area contributed by atoms with Gasteiger partial charge in [-0.2, -0.15) is 0 Å². The predicted molar refractivity (Wildman–Crippen MR) is 67.8 cm³/mol. The lowest BCUT2D eigenvalue weighted by Crippen LogP contribution is -2.62. The van der Waals surface area contributed by atoms with Gasteiger partial charge in [0.15, 0.2) is 6.29 Å². The molecule has 1 saturated heterocycles. The summed E-state index contributed by atoms with van der Waals surface area (Å²) in [4.78, 5) is 0. The number of aliphatic hydroxyl groups excluding tert-OH is 6. The molecule has 1 heterocycles. The van der Waals surface area contributed by atoms with E-state index >= 15 is 0 Å². The van der Waals surface area contributed by atoms with Crippen LogP contribution in [0.1, 0.15) is 0 Å². The Morgan fingerprint density at radius 3 is 2.24 bits per heavy atom. The first-order chi connectivity index (χ1) is 9.86. The van der Waals surface area contributed by atoms with Gasteiger partial charge >= 0.3 is 0 Å². The van der Waals surface area contributed by atoms with Crippen LogP contribution in [0.5, 0.6) is 0 Å². The summed E-state index contributed by atoms with van der Waals surface area (Å²) in [6.45, 7) is -0.591. The standard InChI is InChI=1S/C12H21NO8/c13-4-1-2-5(15)7(16)11(4)21-12-10(19)9(18)8(17)6(3-14)20-12/h1-2,4-12,14-19H,3,13H2/t4-,5+,6+,7+,8-,9-,10+,11+,12-/m0/s1. The summed E-state index contributed by atoms with van der Waals surface area (Å²) in [5.41, 5.74) is 5.74. The first-order valence-corrected chi connectivity index (χ1v) is 6.62. The highest BCUT2D eigenvalue weighted by molar-refractivity contribution is 5.10. The van der Waals surface area contributed by atoms with Crippen molar-refractivity contribution >= 4 is 0 Å². The second kappa shape index (κ2) is 6.65. The zero-order valence-corrected chi connectivity index (χ0v) is 11.1. The highest BCUT2D eigenvalue weighted by atomic mass is 16.7. The third-order valence-corrected chi connectivity index (χ3v) is 3.74. The Balaban J connectivity index is 2.09. The molecule has 0 radical (unpaired) electrons. The fraction of sp³-hybridized carbons (Fsp3) is 0.833. The number of aliphatic hydroxyl groups is 6. The molecule has 1 aliphatic heterocycles. The summed E-state index contributed by atoms with van der Waals surface area (Å²) in [5.74, 6) is 0. The van der Waals surface area contributed by atoms with E-state index in [1.165, 1.54) is 12.2 Å². The number of hydrogen-bond acceptors (Lipinski definition) is 9. The van der Waals surface area contributed by atoms with Gasteiger partial charge in [0, 0.05) is 0 Å². The monoisotopic (exact) mass is 307 g/mol. The molecule has 9 atom stereocenters. The van der Waals surface area contributed by atoms with Crippen molar-refractivity contribution in [2.75, 3.05) is 6.61 Å². The predicted octanol–water partition coefficient (Wildman–Crippen LogP) is -4.21. The smallest absolute Gasteiger partial charge is 0.187 e. The van der Waals surface area contributed by atoms with Gasteiger partial charge in [-0.05, 0) is 0 Å². The van der Waals surface area contributed by atoms with Crippen molar-refractivity contribution in [3.8, 4) is 0 Å². The van der Waals surface area contributed by atoms with Crippen molar-refractivity contribution in [3.63, 3.8) is 0 Å². The molecule has 0 bridgehead atoms. The Bertz CT molecular complexity index is 378. The summed E-state index contributed by atoms with van der Waals surface area (Å²) in [6.07, 6.45) is -8.04. The summed E-state index contributed by atoms with van der Waals surface area (Å²) in [5, 5.41) is 57.6. The molecule has 0 unspecified atom stereocenters. The molecule has 0 spiro atoms. The summed E-state index contributed by atoms with van der Waals surface area (Å²) in [6, 6.07) is -0.754. The van der Waals surface area contributed by atoms with Crippen molar-refractivity contribution in [2.24, 2.45) is 5.73 Å². The average molecular weight is 307 g/mol. The van der Waals surface area contributed by atoms with Gasteiger partial charge in [-0.25, -0.2) is 0 Å². The largest absolute Gasteiger partial charge is 0.394 e. The van der Waals surface area contributed by atoms with Crippen LogP contribution < -0.4 is 5.73 Å². The fourth-order valence-corrected chi connectivity index (χ4v) is 2.39. The molecule has 2 aliphatic rings. The summed E-state index contributed by atoms with van der Waals surface area (Å²) < 4.78 is 10.5. The topological polar surface area (TPSA) is 166 Å². The number of rotatable bonds is 3. The minimum atomic E-state index is -1.59. The minimum absolute atomic E-state index is 0.591. The maximum Gasteiger partial charge on any atom is 0.187 e. The van der Waals surface area contributed by atoms with E-state index in [2.05, 4.69) is 0 Å².